The molecule has 2 N–H and O–H groups in total. The van der Waals surface area contributed by atoms with E-state index in [0.717, 1.165) is 4.57 Å². The van der Waals surface area contributed by atoms with E-state index in [1.54, 1.807) is 0 Å². The average molecular weight is 281 g/mol. The molecule has 0 aliphatic carbocycles. The number of carboxylic acids is 1. The van der Waals surface area contributed by atoms with Crippen LogP contribution in [-0.4, -0.2) is 45.3 Å². The minimum atomic E-state index is -1.32. The van der Waals surface area contributed by atoms with Gasteiger partial charge >= 0.3 is 11.7 Å². The lowest BCUT2D eigenvalue weighted by Crippen LogP contribution is -2.58. The zero-order valence-corrected chi connectivity index (χ0v) is 10.7. The minimum absolute atomic E-state index is 0.204. The Morgan fingerprint density at radius 3 is 2.75 bits per heavy atom. The van der Waals surface area contributed by atoms with Gasteiger partial charge in [0, 0.05) is 38.4 Å². The molecule has 2 heterocycles. The molecule has 0 bridgehead atoms. The van der Waals surface area contributed by atoms with Crippen LogP contribution in [0.1, 0.15) is 12.8 Å². The SMILES string of the molecule is O=C(Cn1cccnc1=O)NC1(C(=O)O)CCOCC1. The molecule has 1 aliphatic heterocycles. The number of carbonyl (C=O) groups excluding carboxylic acids is 1. The Morgan fingerprint density at radius 1 is 1.45 bits per heavy atom. The van der Waals surface area contributed by atoms with Crippen LogP contribution < -0.4 is 11.0 Å². The Balaban J connectivity index is 2.08. The molecule has 1 fully saturated rings. The zero-order valence-electron chi connectivity index (χ0n) is 10.7. The normalized spacial score (nSPS) is 17.4. The van der Waals surface area contributed by atoms with Crippen LogP contribution in [0.25, 0.3) is 0 Å². The van der Waals surface area contributed by atoms with Gasteiger partial charge in [0.05, 0.1) is 0 Å². The Morgan fingerprint density at radius 2 is 2.15 bits per heavy atom. The highest BCUT2D eigenvalue weighted by molar-refractivity contribution is 5.87. The van der Waals surface area contributed by atoms with Crippen LogP contribution in [-0.2, 0) is 20.9 Å². The summed E-state index contributed by atoms with van der Waals surface area (Å²) < 4.78 is 6.23. The summed E-state index contributed by atoms with van der Waals surface area (Å²) in [5.41, 5.74) is -1.87. The predicted molar refractivity (Wildman–Crippen MR) is 67.1 cm³/mol. The van der Waals surface area contributed by atoms with Crippen molar-refractivity contribution in [3.8, 4) is 0 Å². The predicted octanol–water partition coefficient (Wildman–Crippen LogP) is -1.01. The first-order valence-corrected chi connectivity index (χ1v) is 6.17. The molecule has 20 heavy (non-hydrogen) atoms. The number of aromatic nitrogens is 2. The van der Waals surface area contributed by atoms with Gasteiger partial charge in [0.1, 0.15) is 12.1 Å². The number of rotatable bonds is 4. The highest BCUT2D eigenvalue weighted by Gasteiger charge is 2.41. The zero-order chi connectivity index (χ0) is 14.6. The maximum Gasteiger partial charge on any atom is 0.347 e. The molecule has 0 spiro atoms. The number of ether oxygens (including phenoxy) is 1. The largest absolute Gasteiger partial charge is 0.480 e. The van der Waals surface area contributed by atoms with Gasteiger partial charge in [0.25, 0.3) is 0 Å². The van der Waals surface area contributed by atoms with Gasteiger partial charge in [-0.2, -0.15) is 0 Å². The van der Waals surface area contributed by atoms with Gasteiger partial charge in [-0.1, -0.05) is 0 Å². The van der Waals surface area contributed by atoms with Gasteiger partial charge in [0.15, 0.2) is 0 Å². The summed E-state index contributed by atoms with van der Waals surface area (Å²) in [4.78, 5) is 38.2. The molecule has 1 aliphatic rings. The molecular formula is C12H15N3O5. The van der Waals surface area contributed by atoms with Crippen LogP contribution >= 0.6 is 0 Å². The summed E-state index contributed by atoms with van der Waals surface area (Å²) in [5, 5.41) is 11.8. The van der Waals surface area contributed by atoms with Crippen LogP contribution in [0, 0.1) is 0 Å². The standard InChI is InChI=1S/C12H15N3O5/c16-9(8-15-5-1-4-13-11(15)19)14-12(10(17)18)2-6-20-7-3-12/h1,4-5H,2-3,6-8H2,(H,14,16)(H,17,18). The molecule has 0 unspecified atom stereocenters. The van der Waals surface area contributed by atoms with E-state index in [-0.39, 0.29) is 32.6 Å². The van der Waals surface area contributed by atoms with E-state index in [1.165, 1.54) is 18.5 Å². The smallest absolute Gasteiger partial charge is 0.347 e. The molecule has 0 saturated carbocycles. The van der Waals surface area contributed by atoms with Crippen molar-refractivity contribution in [3.63, 3.8) is 0 Å². The van der Waals surface area contributed by atoms with E-state index in [1.807, 2.05) is 0 Å². The van der Waals surface area contributed by atoms with Crippen molar-refractivity contribution in [1.29, 1.82) is 0 Å². The summed E-state index contributed by atoms with van der Waals surface area (Å²) in [5.74, 6) is -1.63. The molecule has 1 saturated heterocycles. The third-order valence-corrected chi connectivity index (χ3v) is 3.23. The van der Waals surface area contributed by atoms with Gasteiger partial charge in [0.2, 0.25) is 5.91 Å². The molecule has 8 nitrogen and oxygen atoms in total. The quantitative estimate of drug-likeness (QED) is 0.732. The van der Waals surface area contributed by atoms with E-state index in [2.05, 4.69) is 10.3 Å². The van der Waals surface area contributed by atoms with Crippen molar-refractivity contribution < 1.29 is 19.4 Å². The molecular weight excluding hydrogens is 266 g/mol. The van der Waals surface area contributed by atoms with Crippen molar-refractivity contribution >= 4 is 11.9 Å². The molecule has 8 heteroatoms. The van der Waals surface area contributed by atoms with Gasteiger partial charge in [-0.15, -0.1) is 0 Å². The average Bonchev–Trinajstić information content (AvgIpc) is 2.42. The number of hydrogen-bond acceptors (Lipinski definition) is 5. The number of carboxylic acid groups (broad SMARTS) is 1. The molecule has 0 radical (unpaired) electrons. The van der Waals surface area contributed by atoms with Gasteiger partial charge in [-0.05, 0) is 6.07 Å². The number of amides is 1. The highest BCUT2D eigenvalue weighted by Crippen LogP contribution is 2.21. The molecule has 1 amide bonds. The second kappa shape index (κ2) is 5.83. The molecule has 2 rings (SSSR count). The number of nitrogens with zero attached hydrogens (tertiary/aromatic N) is 2. The lowest BCUT2D eigenvalue weighted by Gasteiger charge is -2.33. The Labute approximate surface area is 114 Å². The maximum atomic E-state index is 11.9. The monoisotopic (exact) mass is 281 g/mol. The highest BCUT2D eigenvalue weighted by atomic mass is 16.5. The first-order valence-electron chi connectivity index (χ1n) is 6.17. The van der Waals surface area contributed by atoms with Crippen LogP contribution in [0.3, 0.4) is 0 Å². The molecule has 108 valence electrons. The number of carbonyl (C=O) groups is 2. The van der Waals surface area contributed by atoms with E-state index in [9.17, 15) is 19.5 Å². The topological polar surface area (TPSA) is 111 Å². The van der Waals surface area contributed by atoms with E-state index in [0.29, 0.717) is 0 Å². The first-order chi connectivity index (χ1) is 9.53. The Bertz CT molecular complexity index is 562. The van der Waals surface area contributed by atoms with Crippen LogP contribution in [0.5, 0.6) is 0 Å². The van der Waals surface area contributed by atoms with Crippen molar-refractivity contribution in [3.05, 3.63) is 28.9 Å². The van der Waals surface area contributed by atoms with Gasteiger partial charge in [-0.25, -0.2) is 14.6 Å². The van der Waals surface area contributed by atoms with Crippen LogP contribution in [0.15, 0.2) is 23.3 Å². The lowest BCUT2D eigenvalue weighted by molar-refractivity contribution is -0.152. The first kappa shape index (κ1) is 14.2. The van der Waals surface area contributed by atoms with E-state index < -0.39 is 23.1 Å². The maximum absolute atomic E-state index is 11.9. The number of hydrogen-bond donors (Lipinski definition) is 2. The fourth-order valence-electron chi connectivity index (χ4n) is 2.08. The third-order valence-electron chi connectivity index (χ3n) is 3.23. The summed E-state index contributed by atoms with van der Waals surface area (Å²) in [6.07, 6.45) is 3.16. The van der Waals surface area contributed by atoms with Crippen molar-refractivity contribution in [2.75, 3.05) is 13.2 Å². The summed E-state index contributed by atoms with van der Waals surface area (Å²) in [7, 11) is 0. The Kier molecular flexibility index (Phi) is 4.14. The van der Waals surface area contributed by atoms with Gasteiger partial charge in [-0.3, -0.25) is 9.36 Å². The van der Waals surface area contributed by atoms with Crippen molar-refractivity contribution in [2.45, 2.75) is 24.9 Å². The van der Waals surface area contributed by atoms with E-state index >= 15 is 0 Å². The van der Waals surface area contributed by atoms with E-state index in [4.69, 9.17) is 4.74 Å². The fraction of sp³-hybridized carbons (Fsp3) is 0.500. The Hall–Kier alpha value is -2.22. The third kappa shape index (κ3) is 3.02. The van der Waals surface area contributed by atoms with Crippen molar-refractivity contribution in [2.24, 2.45) is 0 Å². The summed E-state index contributed by atoms with van der Waals surface area (Å²) >= 11 is 0. The second-order valence-corrected chi connectivity index (χ2v) is 4.58. The minimum Gasteiger partial charge on any atom is -0.480 e. The fourth-order valence-corrected chi connectivity index (χ4v) is 2.08. The van der Waals surface area contributed by atoms with Crippen LogP contribution in [0.2, 0.25) is 0 Å². The lowest BCUT2D eigenvalue weighted by atomic mass is 9.90. The van der Waals surface area contributed by atoms with Gasteiger partial charge < -0.3 is 15.2 Å². The van der Waals surface area contributed by atoms with Crippen LogP contribution in [0.4, 0.5) is 0 Å². The summed E-state index contributed by atoms with van der Waals surface area (Å²) in [6.45, 7) is 0.293. The number of nitrogens with one attached hydrogen (secondary N) is 1. The second-order valence-electron chi connectivity index (χ2n) is 4.58. The molecule has 0 aromatic carbocycles. The van der Waals surface area contributed by atoms with Crippen molar-refractivity contribution in [1.82, 2.24) is 14.9 Å². The molecule has 1 aromatic heterocycles. The number of aliphatic carboxylic acids is 1. The molecule has 0 atom stereocenters. The molecule has 1 aromatic rings. The summed E-state index contributed by atoms with van der Waals surface area (Å²) in [6, 6.07) is 1.52.